The quantitative estimate of drug-likeness (QED) is 0.671. The van der Waals surface area contributed by atoms with Gasteiger partial charge in [0.2, 0.25) is 17.7 Å². The first-order chi connectivity index (χ1) is 5.18. The largest absolute Gasteiger partial charge is 0.426 e. The molecule has 1 rings (SSSR count). The van der Waals surface area contributed by atoms with Crippen LogP contribution >= 0.6 is 0 Å². The van der Waals surface area contributed by atoms with Crippen LogP contribution in [0.2, 0.25) is 0 Å². The van der Waals surface area contributed by atoms with Gasteiger partial charge in [-0.2, -0.15) is 0 Å². The Morgan fingerprint density at radius 3 is 2.91 bits per heavy atom. The summed E-state index contributed by atoms with van der Waals surface area (Å²) in [7, 11) is 0. The van der Waals surface area contributed by atoms with Gasteiger partial charge in [0, 0.05) is 21.2 Å². The second kappa shape index (κ2) is 3.14. The van der Waals surface area contributed by atoms with Gasteiger partial charge < -0.3 is 10.2 Å². The van der Waals surface area contributed by atoms with Crippen LogP contribution < -0.4 is 5.73 Å². The molecular weight excluding hydrogens is 146 g/mol. The Balaban J connectivity index is 0.00000121. The Labute approximate surface area is 65.1 Å². The highest BCUT2D eigenvalue weighted by molar-refractivity contribution is 5.73. The SMILES string of the molecule is Cc1nnc(CCC(N)=O)o1.[HH]. The predicted octanol–water partition coefficient (Wildman–Crippen LogP) is 0.0419. The van der Waals surface area contributed by atoms with E-state index in [2.05, 4.69) is 10.2 Å². The topological polar surface area (TPSA) is 82.0 Å². The molecule has 5 heteroatoms. The highest BCUT2D eigenvalue weighted by Crippen LogP contribution is 2.00. The molecule has 2 N–H and O–H groups in total. The van der Waals surface area contributed by atoms with Gasteiger partial charge in [-0.15, -0.1) is 10.2 Å². The molecule has 0 aliphatic rings. The molecule has 0 fully saturated rings. The Kier molecular flexibility index (Phi) is 2.20. The van der Waals surface area contributed by atoms with Crippen LogP contribution in [0, 0.1) is 6.92 Å². The van der Waals surface area contributed by atoms with E-state index in [0.29, 0.717) is 18.2 Å². The van der Waals surface area contributed by atoms with Gasteiger partial charge in [-0.1, -0.05) is 0 Å². The number of hydrogen-bond donors (Lipinski definition) is 1. The van der Waals surface area contributed by atoms with Crippen LogP contribution in [-0.4, -0.2) is 16.1 Å². The summed E-state index contributed by atoms with van der Waals surface area (Å²) in [5, 5.41) is 7.29. The molecule has 0 spiro atoms. The van der Waals surface area contributed by atoms with E-state index in [9.17, 15) is 4.79 Å². The number of primary amides is 1. The predicted molar refractivity (Wildman–Crippen MR) is 38.7 cm³/mol. The van der Waals surface area contributed by atoms with Crippen LogP contribution in [0.1, 0.15) is 19.6 Å². The zero-order chi connectivity index (χ0) is 8.27. The highest BCUT2D eigenvalue weighted by atomic mass is 16.4. The Bertz CT molecular complexity index is 261. The number of hydrogen-bond acceptors (Lipinski definition) is 4. The molecule has 0 aliphatic heterocycles. The van der Waals surface area contributed by atoms with E-state index in [1.807, 2.05) is 0 Å². The maximum absolute atomic E-state index is 10.3. The van der Waals surface area contributed by atoms with Crippen molar-refractivity contribution in [2.24, 2.45) is 5.73 Å². The number of nitrogens with zero attached hydrogens (tertiary/aromatic N) is 2. The number of aryl methyl sites for hydroxylation is 2. The third-order valence-corrected chi connectivity index (χ3v) is 1.15. The summed E-state index contributed by atoms with van der Waals surface area (Å²) in [6.07, 6.45) is 0.678. The van der Waals surface area contributed by atoms with E-state index in [-0.39, 0.29) is 13.8 Å². The number of carbonyl (C=O) groups is 1. The molecule has 1 amide bonds. The van der Waals surface area contributed by atoms with Crippen LogP contribution in [-0.2, 0) is 11.2 Å². The molecule has 1 heterocycles. The van der Waals surface area contributed by atoms with Crippen molar-refractivity contribution >= 4 is 5.91 Å². The zero-order valence-corrected chi connectivity index (χ0v) is 6.20. The Morgan fingerprint density at radius 2 is 2.45 bits per heavy atom. The zero-order valence-electron chi connectivity index (χ0n) is 6.20. The van der Waals surface area contributed by atoms with Crippen molar-refractivity contribution in [3.8, 4) is 0 Å². The third kappa shape index (κ3) is 2.37. The molecule has 0 saturated heterocycles. The summed E-state index contributed by atoms with van der Waals surface area (Å²) in [4.78, 5) is 10.3. The van der Waals surface area contributed by atoms with Crippen LogP contribution in [0.5, 0.6) is 0 Å². The molecule has 0 saturated carbocycles. The summed E-state index contributed by atoms with van der Waals surface area (Å²) in [6.45, 7) is 1.70. The summed E-state index contributed by atoms with van der Waals surface area (Å²) in [5.41, 5.74) is 4.92. The fourth-order valence-corrected chi connectivity index (χ4v) is 0.669. The van der Waals surface area contributed by atoms with Crippen LogP contribution in [0.15, 0.2) is 4.42 Å². The second-order valence-electron chi connectivity index (χ2n) is 2.18. The summed E-state index contributed by atoms with van der Waals surface area (Å²) >= 11 is 0. The number of aromatic nitrogens is 2. The highest BCUT2D eigenvalue weighted by Gasteiger charge is 2.03. The van der Waals surface area contributed by atoms with E-state index in [1.54, 1.807) is 6.92 Å². The van der Waals surface area contributed by atoms with Gasteiger partial charge in [-0.25, -0.2) is 0 Å². The number of carbonyl (C=O) groups excluding carboxylic acids is 1. The summed E-state index contributed by atoms with van der Waals surface area (Å²) in [6, 6.07) is 0. The smallest absolute Gasteiger partial charge is 0.217 e. The van der Waals surface area contributed by atoms with E-state index in [1.165, 1.54) is 0 Å². The normalized spacial score (nSPS) is 9.91. The molecule has 0 aliphatic carbocycles. The van der Waals surface area contributed by atoms with Crippen molar-refractivity contribution in [1.29, 1.82) is 0 Å². The minimum atomic E-state index is -0.360. The lowest BCUT2D eigenvalue weighted by Crippen LogP contribution is -2.11. The van der Waals surface area contributed by atoms with Gasteiger partial charge in [-0.05, 0) is 0 Å². The van der Waals surface area contributed by atoms with Gasteiger partial charge in [0.1, 0.15) is 0 Å². The molecule has 0 radical (unpaired) electrons. The van der Waals surface area contributed by atoms with Crippen molar-refractivity contribution in [2.45, 2.75) is 19.8 Å². The number of amides is 1. The minimum absolute atomic E-state index is 0. The average Bonchev–Trinajstić information content (AvgIpc) is 2.31. The lowest BCUT2D eigenvalue weighted by molar-refractivity contribution is -0.118. The standard InChI is InChI=1S/C6H9N3O2.H2/c1-4-8-9-6(11-4)3-2-5(7)10;/h2-3H2,1H3,(H2,7,10);1H. The van der Waals surface area contributed by atoms with E-state index in [4.69, 9.17) is 10.2 Å². The van der Waals surface area contributed by atoms with Crippen molar-refractivity contribution in [3.63, 3.8) is 0 Å². The summed E-state index contributed by atoms with van der Waals surface area (Å²) in [5.74, 6) is 0.603. The molecule has 0 atom stereocenters. The first-order valence-electron chi connectivity index (χ1n) is 3.26. The first-order valence-corrected chi connectivity index (χ1v) is 3.26. The average molecular weight is 157 g/mol. The van der Waals surface area contributed by atoms with Crippen molar-refractivity contribution in [2.75, 3.05) is 0 Å². The third-order valence-electron chi connectivity index (χ3n) is 1.15. The van der Waals surface area contributed by atoms with Gasteiger partial charge in [-0.3, -0.25) is 4.79 Å². The Morgan fingerprint density at radius 1 is 1.73 bits per heavy atom. The van der Waals surface area contributed by atoms with Gasteiger partial charge in [0.15, 0.2) is 0 Å². The molecule has 0 unspecified atom stereocenters. The van der Waals surface area contributed by atoms with Crippen molar-refractivity contribution in [3.05, 3.63) is 11.8 Å². The van der Waals surface area contributed by atoms with Gasteiger partial charge >= 0.3 is 0 Å². The summed E-state index contributed by atoms with van der Waals surface area (Å²) < 4.78 is 5.00. The molecule has 5 nitrogen and oxygen atoms in total. The fourth-order valence-electron chi connectivity index (χ4n) is 0.669. The molecule has 1 aromatic rings. The second-order valence-corrected chi connectivity index (χ2v) is 2.18. The van der Waals surface area contributed by atoms with Gasteiger partial charge in [0.25, 0.3) is 0 Å². The minimum Gasteiger partial charge on any atom is -0.426 e. The molecule has 11 heavy (non-hydrogen) atoms. The molecule has 0 aromatic carbocycles. The van der Waals surface area contributed by atoms with Crippen molar-refractivity contribution in [1.82, 2.24) is 10.2 Å². The maximum atomic E-state index is 10.3. The van der Waals surface area contributed by atoms with E-state index < -0.39 is 0 Å². The number of rotatable bonds is 3. The van der Waals surface area contributed by atoms with Gasteiger partial charge in [0.05, 0.1) is 0 Å². The number of nitrogens with two attached hydrogens (primary N) is 1. The molecule has 1 aromatic heterocycles. The first kappa shape index (κ1) is 7.71. The van der Waals surface area contributed by atoms with Crippen molar-refractivity contribution < 1.29 is 10.6 Å². The lowest BCUT2D eigenvalue weighted by atomic mass is 10.3. The van der Waals surface area contributed by atoms with Crippen LogP contribution in [0.3, 0.4) is 0 Å². The molecule has 62 valence electrons. The Hall–Kier alpha value is -1.39. The fraction of sp³-hybridized carbons (Fsp3) is 0.500. The molecular formula is C6H11N3O2. The van der Waals surface area contributed by atoms with Crippen LogP contribution in [0.25, 0.3) is 0 Å². The maximum Gasteiger partial charge on any atom is 0.217 e. The molecule has 0 bridgehead atoms. The van der Waals surface area contributed by atoms with Crippen LogP contribution in [0.4, 0.5) is 0 Å². The van der Waals surface area contributed by atoms with E-state index in [0.717, 1.165) is 0 Å². The van der Waals surface area contributed by atoms with E-state index >= 15 is 0 Å². The lowest BCUT2D eigenvalue weighted by Gasteiger charge is -1.88. The monoisotopic (exact) mass is 157 g/mol.